The molecule has 1 aliphatic rings. The number of ether oxygens (including phenoxy) is 1. The van der Waals surface area contributed by atoms with Crippen molar-refractivity contribution < 1.29 is 9.53 Å². The lowest BCUT2D eigenvalue weighted by Crippen LogP contribution is -2.44. The van der Waals surface area contributed by atoms with Crippen LogP contribution in [0.5, 0.6) is 0 Å². The standard InChI is InChI=1S/C21H25NO2/c1-21(12-14-24-15-13-21)20(23)22-16-19(17-8-4-2-5-9-17)18-10-6-3-7-11-18/h2-11,19H,12-16H2,1H3,(H,22,23). The Bertz CT molecular complexity index is 609. The fraction of sp³-hybridized carbons (Fsp3) is 0.381. The number of benzene rings is 2. The van der Waals surface area contributed by atoms with Gasteiger partial charge in [0.15, 0.2) is 0 Å². The second kappa shape index (κ2) is 7.63. The summed E-state index contributed by atoms with van der Waals surface area (Å²) in [7, 11) is 0. The topological polar surface area (TPSA) is 38.3 Å². The molecule has 2 aromatic rings. The highest BCUT2D eigenvalue weighted by Gasteiger charge is 2.35. The van der Waals surface area contributed by atoms with E-state index in [1.165, 1.54) is 11.1 Å². The molecule has 0 radical (unpaired) electrons. The fourth-order valence-corrected chi connectivity index (χ4v) is 3.26. The van der Waals surface area contributed by atoms with Gasteiger partial charge in [-0.15, -0.1) is 0 Å². The molecule has 0 saturated carbocycles. The van der Waals surface area contributed by atoms with Gasteiger partial charge in [0.1, 0.15) is 0 Å². The molecule has 1 heterocycles. The summed E-state index contributed by atoms with van der Waals surface area (Å²) < 4.78 is 5.40. The maximum Gasteiger partial charge on any atom is 0.226 e. The van der Waals surface area contributed by atoms with E-state index in [4.69, 9.17) is 4.74 Å². The van der Waals surface area contributed by atoms with Crippen LogP contribution < -0.4 is 5.32 Å². The molecule has 0 atom stereocenters. The summed E-state index contributed by atoms with van der Waals surface area (Å²) in [5.41, 5.74) is 2.14. The highest BCUT2D eigenvalue weighted by molar-refractivity contribution is 5.82. The lowest BCUT2D eigenvalue weighted by molar-refractivity contribution is -0.135. The number of nitrogens with one attached hydrogen (secondary N) is 1. The zero-order chi connectivity index (χ0) is 16.8. The van der Waals surface area contributed by atoms with E-state index in [9.17, 15) is 4.79 Å². The van der Waals surface area contributed by atoms with E-state index in [0.29, 0.717) is 19.8 Å². The van der Waals surface area contributed by atoms with Crippen LogP contribution in [-0.2, 0) is 9.53 Å². The Morgan fingerprint density at radius 1 is 1.00 bits per heavy atom. The largest absolute Gasteiger partial charge is 0.381 e. The zero-order valence-electron chi connectivity index (χ0n) is 14.2. The molecule has 2 aromatic carbocycles. The van der Waals surface area contributed by atoms with Crippen molar-refractivity contribution in [1.82, 2.24) is 5.32 Å². The molecule has 0 aliphatic carbocycles. The molecule has 0 spiro atoms. The first kappa shape index (κ1) is 16.7. The van der Waals surface area contributed by atoms with Crippen LogP contribution in [0, 0.1) is 5.41 Å². The number of carbonyl (C=O) groups is 1. The molecular weight excluding hydrogens is 298 g/mol. The van der Waals surface area contributed by atoms with Gasteiger partial charge in [0, 0.05) is 25.7 Å². The Balaban J connectivity index is 1.74. The SMILES string of the molecule is CC1(C(=O)NCC(c2ccccc2)c2ccccc2)CCOCC1. The first-order valence-corrected chi connectivity index (χ1v) is 8.65. The Labute approximate surface area is 144 Å². The molecule has 126 valence electrons. The van der Waals surface area contributed by atoms with Crippen LogP contribution in [0.1, 0.15) is 36.8 Å². The number of rotatable bonds is 5. The van der Waals surface area contributed by atoms with Gasteiger partial charge in [-0.1, -0.05) is 67.6 Å². The molecule has 3 heteroatoms. The van der Waals surface area contributed by atoms with Crippen LogP contribution >= 0.6 is 0 Å². The maximum atomic E-state index is 12.7. The number of amides is 1. The Kier molecular flexibility index (Phi) is 5.31. The molecule has 1 amide bonds. The summed E-state index contributed by atoms with van der Waals surface area (Å²) in [6.07, 6.45) is 1.58. The monoisotopic (exact) mass is 323 g/mol. The summed E-state index contributed by atoms with van der Waals surface area (Å²) in [5, 5.41) is 3.20. The molecule has 1 fully saturated rings. The molecule has 3 nitrogen and oxygen atoms in total. The van der Waals surface area contributed by atoms with Gasteiger partial charge in [-0.05, 0) is 24.0 Å². The van der Waals surface area contributed by atoms with E-state index in [1.807, 2.05) is 43.3 Å². The quantitative estimate of drug-likeness (QED) is 0.910. The van der Waals surface area contributed by atoms with E-state index in [-0.39, 0.29) is 17.2 Å². The van der Waals surface area contributed by atoms with Crippen LogP contribution in [0.15, 0.2) is 60.7 Å². The lowest BCUT2D eigenvalue weighted by Gasteiger charge is -2.32. The molecular formula is C21H25NO2. The van der Waals surface area contributed by atoms with Crippen LogP contribution in [0.4, 0.5) is 0 Å². The van der Waals surface area contributed by atoms with Crippen LogP contribution in [-0.4, -0.2) is 25.7 Å². The van der Waals surface area contributed by atoms with Crippen molar-refractivity contribution in [1.29, 1.82) is 0 Å². The van der Waals surface area contributed by atoms with Crippen molar-refractivity contribution in [3.05, 3.63) is 71.8 Å². The van der Waals surface area contributed by atoms with Gasteiger partial charge >= 0.3 is 0 Å². The summed E-state index contributed by atoms with van der Waals surface area (Å²) in [5.74, 6) is 0.308. The molecule has 0 aromatic heterocycles. The smallest absolute Gasteiger partial charge is 0.226 e. The summed E-state index contributed by atoms with van der Waals surface area (Å²) in [4.78, 5) is 12.7. The van der Waals surface area contributed by atoms with Crippen molar-refractivity contribution in [3.8, 4) is 0 Å². The van der Waals surface area contributed by atoms with Crippen molar-refractivity contribution in [2.24, 2.45) is 5.41 Å². The van der Waals surface area contributed by atoms with E-state index in [0.717, 1.165) is 12.8 Å². The second-order valence-corrected chi connectivity index (χ2v) is 6.76. The van der Waals surface area contributed by atoms with E-state index < -0.39 is 0 Å². The Morgan fingerprint density at radius 2 is 1.50 bits per heavy atom. The van der Waals surface area contributed by atoms with Gasteiger partial charge in [0.25, 0.3) is 0 Å². The van der Waals surface area contributed by atoms with Crippen molar-refractivity contribution in [2.75, 3.05) is 19.8 Å². The first-order chi connectivity index (χ1) is 11.7. The molecule has 3 rings (SSSR count). The fourth-order valence-electron chi connectivity index (χ4n) is 3.26. The average Bonchev–Trinajstić information content (AvgIpc) is 2.64. The minimum atomic E-state index is -0.309. The predicted molar refractivity (Wildman–Crippen MR) is 95.9 cm³/mol. The number of hydrogen-bond donors (Lipinski definition) is 1. The number of hydrogen-bond acceptors (Lipinski definition) is 2. The molecule has 1 N–H and O–H groups in total. The molecule has 24 heavy (non-hydrogen) atoms. The summed E-state index contributed by atoms with van der Waals surface area (Å²) in [6, 6.07) is 20.7. The lowest BCUT2D eigenvalue weighted by atomic mass is 9.81. The maximum absolute atomic E-state index is 12.7. The third kappa shape index (κ3) is 3.85. The Hall–Kier alpha value is -2.13. The minimum Gasteiger partial charge on any atom is -0.381 e. The van der Waals surface area contributed by atoms with E-state index in [2.05, 4.69) is 29.6 Å². The first-order valence-electron chi connectivity index (χ1n) is 8.65. The van der Waals surface area contributed by atoms with Gasteiger partial charge in [0.05, 0.1) is 5.41 Å². The van der Waals surface area contributed by atoms with Gasteiger partial charge in [-0.3, -0.25) is 4.79 Å². The summed E-state index contributed by atoms with van der Waals surface area (Å²) >= 11 is 0. The predicted octanol–water partition coefficient (Wildman–Crippen LogP) is 3.75. The van der Waals surface area contributed by atoms with Gasteiger partial charge in [-0.25, -0.2) is 0 Å². The zero-order valence-corrected chi connectivity index (χ0v) is 14.2. The highest BCUT2D eigenvalue weighted by atomic mass is 16.5. The summed E-state index contributed by atoms with van der Waals surface area (Å²) in [6.45, 7) is 4.00. The van der Waals surface area contributed by atoms with E-state index in [1.54, 1.807) is 0 Å². The van der Waals surface area contributed by atoms with E-state index >= 15 is 0 Å². The van der Waals surface area contributed by atoms with Gasteiger partial charge in [-0.2, -0.15) is 0 Å². The van der Waals surface area contributed by atoms with Crippen LogP contribution in [0.25, 0.3) is 0 Å². The van der Waals surface area contributed by atoms with Crippen molar-refractivity contribution >= 4 is 5.91 Å². The Morgan fingerprint density at radius 3 is 2.00 bits per heavy atom. The minimum absolute atomic E-state index is 0.141. The molecule has 1 aliphatic heterocycles. The third-order valence-electron chi connectivity index (χ3n) is 5.02. The highest BCUT2D eigenvalue weighted by Crippen LogP contribution is 2.30. The number of carbonyl (C=O) groups excluding carboxylic acids is 1. The van der Waals surface area contributed by atoms with Crippen molar-refractivity contribution in [3.63, 3.8) is 0 Å². The van der Waals surface area contributed by atoms with Crippen molar-refractivity contribution in [2.45, 2.75) is 25.7 Å². The van der Waals surface area contributed by atoms with Gasteiger partial charge in [0.2, 0.25) is 5.91 Å². The molecule has 0 bridgehead atoms. The van der Waals surface area contributed by atoms with Gasteiger partial charge < -0.3 is 10.1 Å². The average molecular weight is 323 g/mol. The normalized spacial score (nSPS) is 16.8. The molecule has 0 unspecified atom stereocenters. The third-order valence-corrected chi connectivity index (χ3v) is 5.02. The second-order valence-electron chi connectivity index (χ2n) is 6.76. The molecule has 1 saturated heterocycles. The van der Waals surface area contributed by atoms with Crippen LogP contribution in [0.2, 0.25) is 0 Å². The van der Waals surface area contributed by atoms with Crippen LogP contribution in [0.3, 0.4) is 0 Å².